The molecule has 1 atom stereocenters. The highest BCUT2D eigenvalue weighted by Gasteiger charge is 2.11. The number of unbranched alkanes of at least 4 members (excludes halogenated alkanes) is 1. The van der Waals surface area contributed by atoms with Gasteiger partial charge in [-0.15, -0.1) is 0 Å². The predicted molar refractivity (Wildman–Crippen MR) is 75.5 cm³/mol. The van der Waals surface area contributed by atoms with E-state index in [9.17, 15) is 0 Å². The summed E-state index contributed by atoms with van der Waals surface area (Å²) in [4.78, 5) is 0. The van der Waals surface area contributed by atoms with E-state index in [0.717, 1.165) is 37.5 Å². The van der Waals surface area contributed by atoms with Crippen LogP contribution in [0.4, 0.5) is 0 Å². The van der Waals surface area contributed by atoms with Gasteiger partial charge in [-0.1, -0.05) is 26.3 Å². The summed E-state index contributed by atoms with van der Waals surface area (Å²) in [5.41, 5.74) is 1.19. The van der Waals surface area contributed by atoms with Gasteiger partial charge in [0.05, 0.1) is 13.7 Å². The van der Waals surface area contributed by atoms with Crippen molar-refractivity contribution >= 4 is 0 Å². The molecule has 0 aliphatic heterocycles. The zero-order valence-corrected chi connectivity index (χ0v) is 12.0. The summed E-state index contributed by atoms with van der Waals surface area (Å²) < 4.78 is 11.1. The number of nitrogens with one attached hydrogen (secondary N) is 1. The third-order valence-electron chi connectivity index (χ3n) is 2.95. The van der Waals surface area contributed by atoms with Crippen LogP contribution in [0.15, 0.2) is 18.2 Å². The summed E-state index contributed by atoms with van der Waals surface area (Å²) in [6.45, 7) is 8.13. The molecule has 0 bridgehead atoms. The van der Waals surface area contributed by atoms with Gasteiger partial charge in [-0.25, -0.2) is 0 Å². The third kappa shape index (κ3) is 4.22. The minimum atomic E-state index is 0.289. The van der Waals surface area contributed by atoms with Gasteiger partial charge in [0.25, 0.3) is 0 Å². The average Bonchev–Trinajstić information content (AvgIpc) is 2.39. The summed E-state index contributed by atoms with van der Waals surface area (Å²) >= 11 is 0. The van der Waals surface area contributed by atoms with Crippen molar-refractivity contribution in [1.82, 2.24) is 5.32 Å². The van der Waals surface area contributed by atoms with Gasteiger partial charge in [0.15, 0.2) is 0 Å². The molecule has 0 saturated carbocycles. The molecule has 0 aliphatic rings. The molecule has 0 fully saturated rings. The largest absolute Gasteiger partial charge is 0.497 e. The van der Waals surface area contributed by atoms with Gasteiger partial charge >= 0.3 is 0 Å². The topological polar surface area (TPSA) is 30.5 Å². The fourth-order valence-corrected chi connectivity index (χ4v) is 1.87. The highest BCUT2D eigenvalue weighted by atomic mass is 16.5. The minimum Gasteiger partial charge on any atom is -0.497 e. The van der Waals surface area contributed by atoms with Crippen LogP contribution in [-0.2, 0) is 0 Å². The van der Waals surface area contributed by atoms with Crippen molar-refractivity contribution in [2.45, 2.75) is 39.7 Å². The number of ether oxygens (including phenoxy) is 2. The van der Waals surface area contributed by atoms with E-state index in [2.05, 4.69) is 32.2 Å². The van der Waals surface area contributed by atoms with Crippen molar-refractivity contribution in [3.63, 3.8) is 0 Å². The maximum absolute atomic E-state index is 5.87. The highest BCUT2D eigenvalue weighted by Crippen LogP contribution is 2.29. The first-order valence-electron chi connectivity index (χ1n) is 6.77. The van der Waals surface area contributed by atoms with Crippen molar-refractivity contribution in [2.75, 3.05) is 20.3 Å². The van der Waals surface area contributed by atoms with Crippen LogP contribution in [0.3, 0.4) is 0 Å². The Hall–Kier alpha value is -1.22. The van der Waals surface area contributed by atoms with Crippen molar-refractivity contribution in [3.05, 3.63) is 23.8 Å². The molecule has 3 heteroatoms. The predicted octanol–water partition coefficient (Wildman–Crippen LogP) is 3.54. The molecule has 0 radical (unpaired) electrons. The second kappa shape index (κ2) is 7.98. The minimum absolute atomic E-state index is 0.289. The zero-order valence-electron chi connectivity index (χ0n) is 12.0. The van der Waals surface area contributed by atoms with Gasteiger partial charge in [0.1, 0.15) is 11.5 Å². The van der Waals surface area contributed by atoms with Crippen LogP contribution < -0.4 is 14.8 Å². The van der Waals surface area contributed by atoms with Crippen LogP contribution >= 0.6 is 0 Å². The Morgan fingerprint density at radius 1 is 1.28 bits per heavy atom. The second-order valence-electron chi connectivity index (χ2n) is 4.39. The molecule has 1 rings (SSSR count). The molecule has 0 aromatic heterocycles. The van der Waals surface area contributed by atoms with Crippen LogP contribution in [-0.4, -0.2) is 20.3 Å². The number of hydrogen-bond acceptors (Lipinski definition) is 3. The molecule has 1 N–H and O–H groups in total. The first-order valence-corrected chi connectivity index (χ1v) is 6.77. The fourth-order valence-electron chi connectivity index (χ4n) is 1.87. The van der Waals surface area contributed by atoms with Crippen LogP contribution in [0.25, 0.3) is 0 Å². The van der Waals surface area contributed by atoms with Crippen molar-refractivity contribution in [1.29, 1.82) is 0 Å². The molecule has 0 spiro atoms. The van der Waals surface area contributed by atoms with Gasteiger partial charge in [0, 0.05) is 17.7 Å². The molecule has 1 aromatic carbocycles. The highest BCUT2D eigenvalue weighted by molar-refractivity contribution is 5.42. The summed E-state index contributed by atoms with van der Waals surface area (Å²) in [6, 6.07) is 6.32. The molecule has 0 heterocycles. The standard InChI is InChI=1S/C15H25NO2/c1-5-7-10-18-15-11-13(17-4)8-9-14(15)12(3)16-6-2/h8-9,11-12,16H,5-7,10H2,1-4H3. The Kier molecular flexibility index (Phi) is 6.58. The molecule has 1 unspecified atom stereocenters. The number of rotatable bonds is 8. The lowest BCUT2D eigenvalue weighted by atomic mass is 10.1. The molecule has 3 nitrogen and oxygen atoms in total. The van der Waals surface area contributed by atoms with Gasteiger partial charge in [-0.05, 0) is 26.0 Å². The van der Waals surface area contributed by atoms with E-state index in [4.69, 9.17) is 9.47 Å². The Bertz CT molecular complexity index is 352. The maximum Gasteiger partial charge on any atom is 0.127 e. The number of benzene rings is 1. The molecule has 102 valence electrons. The molecular formula is C15H25NO2. The zero-order chi connectivity index (χ0) is 13.4. The van der Waals surface area contributed by atoms with E-state index in [-0.39, 0.29) is 6.04 Å². The van der Waals surface area contributed by atoms with Gasteiger partial charge in [-0.3, -0.25) is 0 Å². The lowest BCUT2D eigenvalue weighted by molar-refractivity contribution is 0.301. The van der Waals surface area contributed by atoms with Gasteiger partial charge < -0.3 is 14.8 Å². The van der Waals surface area contributed by atoms with Crippen LogP contribution in [0.2, 0.25) is 0 Å². The maximum atomic E-state index is 5.87. The SMILES string of the molecule is CCCCOc1cc(OC)ccc1C(C)NCC. The molecule has 0 aliphatic carbocycles. The van der Waals surface area contributed by atoms with Crippen LogP contribution in [0.5, 0.6) is 11.5 Å². The van der Waals surface area contributed by atoms with E-state index >= 15 is 0 Å². The van der Waals surface area contributed by atoms with Crippen molar-refractivity contribution in [3.8, 4) is 11.5 Å². The number of hydrogen-bond donors (Lipinski definition) is 1. The van der Waals surface area contributed by atoms with E-state index in [1.165, 1.54) is 5.56 Å². The van der Waals surface area contributed by atoms with E-state index in [1.807, 2.05) is 12.1 Å². The summed E-state index contributed by atoms with van der Waals surface area (Å²) in [5, 5.41) is 3.41. The smallest absolute Gasteiger partial charge is 0.127 e. The Morgan fingerprint density at radius 2 is 2.06 bits per heavy atom. The first kappa shape index (κ1) is 14.8. The summed E-state index contributed by atoms with van der Waals surface area (Å²) in [7, 11) is 1.68. The Morgan fingerprint density at radius 3 is 2.67 bits per heavy atom. The molecule has 18 heavy (non-hydrogen) atoms. The lowest BCUT2D eigenvalue weighted by Crippen LogP contribution is -2.18. The summed E-state index contributed by atoms with van der Waals surface area (Å²) in [6.07, 6.45) is 2.22. The third-order valence-corrected chi connectivity index (χ3v) is 2.95. The van der Waals surface area contributed by atoms with E-state index in [0.29, 0.717) is 0 Å². The van der Waals surface area contributed by atoms with Crippen LogP contribution in [0, 0.1) is 0 Å². The number of methoxy groups -OCH3 is 1. The fraction of sp³-hybridized carbons (Fsp3) is 0.600. The first-order chi connectivity index (χ1) is 8.72. The van der Waals surface area contributed by atoms with Gasteiger partial charge in [0.2, 0.25) is 0 Å². The van der Waals surface area contributed by atoms with Crippen LogP contribution in [0.1, 0.15) is 45.2 Å². The lowest BCUT2D eigenvalue weighted by Gasteiger charge is -2.18. The summed E-state index contributed by atoms with van der Waals surface area (Å²) in [5.74, 6) is 1.77. The van der Waals surface area contributed by atoms with Crippen molar-refractivity contribution in [2.24, 2.45) is 0 Å². The average molecular weight is 251 g/mol. The van der Waals surface area contributed by atoms with Gasteiger partial charge in [-0.2, -0.15) is 0 Å². The monoisotopic (exact) mass is 251 g/mol. The molecule has 0 saturated heterocycles. The Balaban J connectivity index is 2.85. The van der Waals surface area contributed by atoms with E-state index < -0.39 is 0 Å². The molecular weight excluding hydrogens is 226 g/mol. The van der Waals surface area contributed by atoms with E-state index in [1.54, 1.807) is 7.11 Å². The molecule has 1 aromatic rings. The Labute approximate surface area is 110 Å². The second-order valence-corrected chi connectivity index (χ2v) is 4.39. The van der Waals surface area contributed by atoms with Crippen molar-refractivity contribution < 1.29 is 9.47 Å². The normalized spacial score (nSPS) is 12.2. The molecule has 0 amide bonds. The quantitative estimate of drug-likeness (QED) is 0.717.